The van der Waals surface area contributed by atoms with Crippen molar-refractivity contribution in [2.75, 3.05) is 31.1 Å². The van der Waals surface area contributed by atoms with Crippen molar-refractivity contribution in [1.82, 2.24) is 19.9 Å². The fourth-order valence-electron chi connectivity index (χ4n) is 4.66. The lowest BCUT2D eigenvalue weighted by Gasteiger charge is -2.35. The van der Waals surface area contributed by atoms with Crippen LogP contribution < -0.4 is 4.90 Å². The molecule has 1 saturated heterocycles. The lowest BCUT2D eigenvalue weighted by atomic mass is 9.95. The monoisotopic (exact) mass is 407 g/mol. The normalized spacial score (nSPS) is 19.1. The Labute approximate surface area is 179 Å². The Kier molecular flexibility index (Phi) is 6.30. The Hall–Kier alpha value is -2.50. The van der Waals surface area contributed by atoms with E-state index in [4.69, 9.17) is 9.97 Å². The minimum Gasteiger partial charge on any atom is -0.356 e. The summed E-state index contributed by atoms with van der Waals surface area (Å²) in [6.45, 7) is 9.61. The second kappa shape index (κ2) is 9.11. The van der Waals surface area contributed by atoms with Crippen molar-refractivity contribution in [3.05, 3.63) is 47.2 Å². The minimum atomic E-state index is 0.0389. The van der Waals surface area contributed by atoms with Crippen LogP contribution in [-0.4, -0.2) is 51.9 Å². The van der Waals surface area contributed by atoms with E-state index in [0.717, 1.165) is 81.3 Å². The molecule has 160 valence electrons. The van der Waals surface area contributed by atoms with Crippen LogP contribution in [0.3, 0.4) is 0 Å². The van der Waals surface area contributed by atoms with Crippen LogP contribution in [-0.2, 0) is 17.6 Å². The summed E-state index contributed by atoms with van der Waals surface area (Å²) in [5.74, 6) is 2.53. The first kappa shape index (κ1) is 20.8. The third-order valence-corrected chi connectivity index (χ3v) is 6.32. The highest BCUT2D eigenvalue weighted by molar-refractivity contribution is 5.78. The molecule has 2 aromatic rings. The average molecular weight is 408 g/mol. The first-order valence-electron chi connectivity index (χ1n) is 11.3. The molecule has 0 bridgehead atoms. The van der Waals surface area contributed by atoms with Crippen molar-refractivity contribution in [3.63, 3.8) is 0 Å². The summed E-state index contributed by atoms with van der Waals surface area (Å²) in [5, 5.41) is 0. The van der Waals surface area contributed by atoms with Crippen LogP contribution in [0.15, 0.2) is 24.4 Å². The molecule has 4 rings (SSSR count). The smallest absolute Gasteiger partial charge is 0.225 e. The van der Waals surface area contributed by atoms with Gasteiger partial charge in [-0.25, -0.2) is 9.97 Å². The molecule has 2 aromatic heterocycles. The number of pyridine rings is 1. The van der Waals surface area contributed by atoms with E-state index in [9.17, 15) is 4.79 Å². The molecule has 0 radical (unpaired) electrons. The molecule has 4 heterocycles. The molecule has 1 fully saturated rings. The summed E-state index contributed by atoms with van der Waals surface area (Å²) in [5.41, 5.74) is 3.51. The number of anilines is 1. The highest BCUT2D eigenvalue weighted by Gasteiger charge is 2.30. The van der Waals surface area contributed by atoms with Crippen LogP contribution in [0.4, 0.5) is 5.82 Å². The van der Waals surface area contributed by atoms with Crippen LogP contribution in [0, 0.1) is 12.8 Å². The van der Waals surface area contributed by atoms with Gasteiger partial charge in [0.1, 0.15) is 11.6 Å². The van der Waals surface area contributed by atoms with E-state index in [-0.39, 0.29) is 17.7 Å². The molecule has 0 N–H and O–H groups in total. The maximum absolute atomic E-state index is 12.5. The molecule has 0 aliphatic carbocycles. The lowest BCUT2D eigenvalue weighted by Crippen LogP contribution is -2.42. The van der Waals surface area contributed by atoms with Gasteiger partial charge in [0.05, 0.1) is 0 Å². The molecule has 2 aliphatic rings. The number of hydrogen-bond donors (Lipinski definition) is 0. The van der Waals surface area contributed by atoms with Gasteiger partial charge in [0.25, 0.3) is 0 Å². The quantitative estimate of drug-likeness (QED) is 0.759. The largest absolute Gasteiger partial charge is 0.356 e. The van der Waals surface area contributed by atoms with Gasteiger partial charge in [-0.3, -0.25) is 9.78 Å². The van der Waals surface area contributed by atoms with E-state index in [1.54, 1.807) is 0 Å². The van der Waals surface area contributed by atoms with Crippen LogP contribution in [0.1, 0.15) is 61.8 Å². The van der Waals surface area contributed by atoms with Crippen molar-refractivity contribution in [3.8, 4) is 0 Å². The molecule has 30 heavy (non-hydrogen) atoms. The predicted molar refractivity (Wildman–Crippen MR) is 119 cm³/mol. The van der Waals surface area contributed by atoms with E-state index in [2.05, 4.69) is 22.9 Å². The Morgan fingerprint density at radius 2 is 2.07 bits per heavy atom. The summed E-state index contributed by atoms with van der Waals surface area (Å²) in [7, 11) is 0. The number of nitrogens with zero attached hydrogens (tertiary/aromatic N) is 5. The van der Waals surface area contributed by atoms with Gasteiger partial charge in [0.15, 0.2) is 0 Å². The number of aryl methyl sites for hydroxylation is 1. The number of carbonyl (C=O) groups excluding carboxylic acids is 1. The number of piperidine rings is 1. The second-order valence-corrected chi connectivity index (χ2v) is 8.91. The maximum Gasteiger partial charge on any atom is 0.225 e. The number of amides is 1. The van der Waals surface area contributed by atoms with Gasteiger partial charge >= 0.3 is 0 Å². The van der Waals surface area contributed by atoms with E-state index >= 15 is 0 Å². The molecule has 1 unspecified atom stereocenters. The molecule has 0 aromatic carbocycles. The summed E-state index contributed by atoms with van der Waals surface area (Å²) in [6.07, 6.45) is 7.03. The Morgan fingerprint density at radius 1 is 1.20 bits per heavy atom. The molecule has 0 saturated carbocycles. The van der Waals surface area contributed by atoms with Gasteiger partial charge < -0.3 is 9.80 Å². The number of rotatable bonds is 5. The molecule has 6 nitrogen and oxygen atoms in total. The predicted octanol–water partition coefficient (Wildman–Crippen LogP) is 3.54. The van der Waals surface area contributed by atoms with Crippen molar-refractivity contribution in [2.24, 2.45) is 5.92 Å². The zero-order valence-corrected chi connectivity index (χ0v) is 18.5. The van der Waals surface area contributed by atoms with Crippen LogP contribution in [0.2, 0.25) is 0 Å². The van der Waals surface area contributed by atoms with Crippen molar-refractivity contribution >= 4 is 11.7 Å². The maximum atomic E-state index is 12.5. The summed E-state index contributed by atoms with van der Waals surface area (Å²) in [6, 6.07) is 6.09. The van der Waals surface area contributed by atoms with Gasteiger partial charge in [0, 0.05) is 67.6 Å². The van der Waals surface area contributed by atoms with Crippen molar-refractivity contribution < 1.29 is 4.79 Å². The van der Waals surface area contributed by atoms with Crippen LogP contribution >= 0.6 is 0 Å². The van der Waals surface area contributed by atoms with Crippen molar-refractivity contribution in [2.45, 2.75) is 58.8 Å². The summed E-state index contributed by atoms with van der Waals surface area (Å²) < 4.78 is 0. The zero-order chi connectivity index (χ0) is 21.1. The number of likely N-dealkylation sites (tertiary alicyclic amines) is 1. The Bertz CT molecular complexity index is 883. The molecule has 6 heteroatoms. The summed E-state index contributed by atoms with van der Waals surface area (Å²) >= 11 is 0. The highest BCUT2D eigenvalue weighted by atomic mass is 16.2. The minimum absolute atomic E-state index is 0.0389. The Balaban J connectivity index is 1.55. The number of carbonyl (C=O) groups is 1. The topological polar surface area (TPSA) is 62.2 Å². The van der Waals surface area contributed by atoms with E-state index in [0.29, 0.717) is 0 Å². The zero-order valence-electron chi connectivity index (χ0n) is 18.5. The van der Waals surface area contributed by atoms with Gasteiger partial charge in [-0.2, -0.15) is 0 Å². The SMILES string of the molecule is Cc1nc(C2CCCN(C(=O)C(C)C)C2)nc2c1CCCN2CCc1ccccn1. The fourth-order valence-corrected chi connectivity index (χ4v) is 4.66. The number of fused-ring (bicyclic) bond motifs is 1. The van der Waals surface area contributed by atoms with Crippen molar-refractivity contribution in [1.29, 1.82) is 0 Å². The lowest BCUT2D eigenvalue weighted by molar-refractivity contribution is -0.135. The van der Waals surface area contributed by atoms with E-state index in [1.807, 2.05) is 37.1 Å². The number of aromatic nitrogens is 3. The third-order valence-electron chi connectivity index (χ3n) is 6.32. The molecule has 1 amide bonds. The molecular weight excluding hydrogens is 374 g/mol. The average Bonchev–Trinajstić information content (AvgIpc) is 2.78. The third kappa shape index (κ3) is 4.47. The van der Waals surface area contributed by atoms with Gasteiger partial charge in [-0.15, -0.1) is 0 Å². The molecule has 0 spiro atoms. The van der Waals surface area contributed by atoms with Crippen LogP contribution in [0.5, 0.6) is 0 Å². The number of hydrogen-bond acceptors (Lipinski definition) is 5. The second-order valence-electron chi connectivity index (χ2n) is 8.91. The van der Waals surface area contributed by atoms with Gasteiger partial charge in [-0.1, -0.05) is 19.9 Å². The van der Waals surface area contributed by atoms with E-state index < -0.39 is 0 Å². The molecule has 2 aliphatic heterocycles. The van der Waals surface area contributed by atoms with Gasteiger partial charge in [0.2, 0.25) is 5.91 Å². The standard InChI is InChI=1S/C24H33N5O/c1-17(2)24(30)29-14-6-8-19(16-29)22-26-18(3)21-10-7-13-28(23(21)27-22)15-11-20-9-4-5-12-25-20/h4-5,9,12,17,19H,6-8,10-11,13-16H2,1-3H3. The molecular formula is C24H33N5O. The first-order valence-corrected chi connectivity index (χ1v) is 11.3. The molecule has 1 atom stereocenters. The highest BCUT2D eigenvalue weighted by Crippen LogP contribution is 2.32. The van der Waals surface area contributed by atoms with Gasteiger partial charge in [-0.05, 0) is 44.7 Å². The Morgan fingerprint density at radius 3 is 2.83 bits per heavy atom. The van der Waals surface area contributed by atoms with E-state index in [1.165, 1.54) is 5.56 Å². The first-order chi connectivity index (χ1) is 14.5. The summed E-state index contributed by atoms with van der Waals surface area (Å²) in [4.78, 5) is 31.4. The fraction of sp³-hybridized carbons (Fsp3) is 0.583. The van der Waals surface area contributed by atoms with Crippen LogP contribution in [0.25, 0.3) is 0 Å².